The maximum Gasteiger partial charge on any atom is 0.306 e. The third-order valence-electron chi connectivity index (χ3n) is 8.44. The summed E-state index contributed by atoms with van der Waals surface area (Å²) < 4.78 is 53.8. The first-order chi connectivity index (χ1) is 28.0. The van der Waals surface area contributed by atoms with E-state index < -0.39 is 71.2 Å². The number of carbonyl (C=O) groups is 2. The van der Waals surface area contributed by atoms with Gasteiger partial charge in [0.05, 0.1) is 6.61 Å². The van der Waals surface area contributed by atoms with Crippen molar-refractivity contribution in [2.45, 2.75) is 141 Å². The van der Waals surface area contributed by atoms with Crippen LogP contribution in [0.3, 0.4) is 0 Å². The van der Waals surface area contributed by atoms with Crippen molar-refractivity contribution in [3.05, 3.63) is 109 Å². The standard InChI is InChI=1S/C45H68O12S/c1-3-5-7-9-11-13-15-17-18-19-20-22-23-25-27-29-31-33-40(46)54-35-38(36-55-45-44(50)43(49)42(48)39(57-45)37-58(51,52)53)56-41(47)34-32-30-28-26-24-21-16-14-12-10-8-6-4-2/h5-8,10-14,16-18,20-22,24-25,27,38-39,42-45,48-50H,3-4,9,15,19,23,26,28-37H2,1-2H3,(H,51,52,53)/b7-5+,8-6+,12-10+,13-11+,16-14+,18-17+,22-20+,24-21+,27-25+/t38?,39-,42-,43?,44?,45+/m1/s1. The third-order valence-corrected chi connectivity index (χ3v) is 9.19. The van der Waals surface area contributed by atoms with Gasteiger partial charge >= 0.3 is 11.9 Å². The number of hydrogen-bond acceptors (Lipinski definition) is 11. The molecule has 0 radical (unpaired) electrons. The highest BCUT2D eigenvalue weighted by Crippen LogP contribution is 2.23. The van der Waals surface area contributed by atoms with Crippen molar-refractivity contribution in [3.63, 3.8) is 0 Å². The molecule has 0 aliphatic carbocycles. The Kier molecular flexibility index (Phi) is 30.9. The predicted octanol–water partition coefficient (Wildman–Crippen LogP) is 7.66. The summed E-state index contributed by atoms with van der Waals surface area (Å²) in [5.41, 5.74) is 0. The molecular weight excluding hydrogens is 765 g/mol. The third kappa shape index (κ3) is 28.7. The van der Waals surface area contributed by atoms with Gasteiger partial charge in [-0.3, -0.25) is 14.1 Å². The zero-order valence-corrected chi connectivity index (χ0v) is 35.2. The first kappa shape index (κ1) is 52.3. The molecule has 0 aromatic rings. The van der Waals surface area contributed by atoms with Crippen molar-refractivity contribution in [1.82, 2.24) is 0 Å². The number of rotatable bonds is 31. The maximum atomic E-state index is 12.7. The lowest BCUT2D eigenvalue weighted by atomic mass is 10.00. The Labute approximate surface area is 346 Å². The summed E-state index contributed by atoms with van der Waals surface area (Å²) in [6.45, 7) is 3.38. The quantitative estimate of drug-likeness (QED) is 0.0176. The van der Waals surface area contributed by atoms with Gasteiger partial charge in [0.15, 0.2) is 12.4 Å². The van der Waals surface area contributed by atoms with Gasteiger partial charge in [-0.1, -0.05) is 130 Å². The van der Waals surface area contributed by atoms with E-state index in [0.29, 0.717) is 19.3 Å². The number of aliphatic hydroxyl groups excluding tert-OH is 3. The average Bonchev–Trinajstić information content (AvgIpc) is 3.18. The number of allylic oxidation sites excluding steroid dienone is 18. The van der Waals surface area contributed by atoms with Crippen LogP contribution in [0.1, 0.15) is 104 Å². The van der Waals surface area contributed by atoms with Crippen molar-refractivity contribution in [2.75, 3.05) is 19.0 Å². The average molecular weight is 833 g/mol. The van der Waals surface area contributed by atoms with Crippen LogP contribution in [0.2, 0.25) is 0 Å². The highest BCUT2D eigenvalue weighted by molar-refractivity contribution is 7.85. The molecule has 3 unspecified atom stereocenters. The number of hydrogen-bond donors (Lipinski definition) is 4. The summed E-state index contributed by atoms with van der Waals surface area (Å²) in [4.78, 5) is 25.3. The summed E-state index contributed by atoms with van der Waals surface area (Å²) >= 11 is 0. The fraction of sp³-hybridized carbons (Fsp3) is 0.556. The van der Waals surface area contributed by atoms with Crippen LogP contribution in [0.25, 0.3) is 0 Å². The normalized spacial score (nSPS) is 21.5. The molecule has 0 spiro atoms. The zero-order chi connectivity index (χ0) is 42.7. The van der Waals surface area contributed by atoms with E-state index in [0.717, 1.165) is 57.8 Å². The summed E-state index contributed by atoms with van der Waals surface area (Å²) in [5, 5.41) is 30.8. The Bertz CT molecular complexity index is 1490. The molecule has 1 saturated heterocycles. The Hall–Kier alpha value is -3.69. The molecule has 1 fully saturated rings. The van der Waals surface area contributed by atoms with Crippen LogP contribution in [0.15, 0.2) is 109 Å². The second kappa shape index (κ2) is 34.2. The second-order valence-corrected chi connectivity index (χ2v) is 15.1. The molecular formula is C45H68O12S. The topological polar surface area (TPSA) is 186 Å². The van der Waals surface area contributed by atoms with Crippen LogP contribution in [0.5, 0.6) is 0 Å². The summed E-state index contributed by atoms with van der Waals surface area (Å²) in [6.07, 6.45) is 37.2. The SMILES string of the molecule is CC/C=C/C=C/C=C/C=C/CCCCCC(=O)OC(COC(=O)CCC/C=C/C/C=C/C/C=C/C/C=C/C/C=C/CC)CO[C@H]1O[C@H](CS(=O)(=O)O)[C@@H](O)C(O)C1O. The Morgan fingerprint density at radius 3 is 1.74 bits per heavy atom. The number of esters is 2. The van der Waals surface area contributed by atoms with E-state index in [9.17, 15) is 37.9 Å². The molecule has 1 aliphatic heterocycles. The molecule has 1 aliphatic rings. The van der Waals surface area contributed by atoms with E-state index in [1.165, 1.54) is 0 Å². The summed E-state index contributed by atoms with van der Waals surface area (Å²) in [7, 11) is -4.62. The molecule has 0 aromatic carbocycles. The largest absolute Gasteiger partial charge is 0.462 e. The molecule has 0 bridgehead atoms. The fourth-order valence-electron chi connectivity index (χ4n) is 5.31. The van der Waals surface area contributed by atoms with E-state index in [1.807, 2.05) is 54.7 Å². The zero-order valence-electron chi connectivity index (χ0n) is 34.3. The highest BCUT2D eigenvalue weighted by Gasteiger charge is 2.46. The van der Waals surface area contributed by atoms with Gasteiger partial charge in [-0.15, -0.1) is 0 Å². The van der Waals surface area contributed by atoms with Gasteiger partial charge in [0.2, 0.25) is 0 Å². The van der Waals surface area contributed by atoms with E-state index in [1.54, 1.807) is 0 Å². The first-order valence-electron chi connectivity index (χ1n) is 20.5. The van der Waals surface area contributed by atoms with Gasteiger partial charge in [0.1, 0.15) is 36.8 Å². The number of carbonyl (C=O) groups excluding carboxylic acids is 2. The number of aliphatic hydroxyl groups is 3. The molecule has 0 amide bonds. The molecule has 0 aromatic heterocycles. The Balaban J connectivity index is 2.57. The first-order valence-corrected chi connectivity index (χ1v) is 22.1. The van der Waals surface area contributed by atoms with Crippen LogP contribution in [0, 0.1) is 0 Å². The fourth-order valence-corrected chi connectivity index (χ4v) is 6.00. The number of unbranched alkanes of at least 4 members (excludes halogenated alkanes) is 4. The van der Waals surface area contributed by atoms with Gasteiger partial charge < -0.3 is 34.3 Å². The van der Waals surface area contributed by atoms with Gasteiger partial charge in [0, 0.05) is 12.8 Å². The molecule has 0 saturated carbocycles. The van der Waals surface area contributed by atoms with Crippen molar-refractivity contribution in [2.24, 2.45) is 0 Å². The molecule has 4 N–H and O–H groups in total. The van der Waals surface area contributed by atoms with E-state index >= 15 is 0 Å². The van der Waals surface area contributed by atoms with Crippen molar-refractivity contribution >= 4 is 22.1 Å². The van der Waals surface area contributed by atoms with Crippen LogP contribution in [0.4, 0.5) is 0 Å². The van der Waals surface area contributed by atoms with Crippen LogP contribution >= 0.6 is 0 Å². The highest BCUT2D eigenvalue weighted by atomic mass is 32.2. The van der Waals surface area contributed by atoms with Gasteiger partial charge in [-0.05, 0) is 70.6 Å². The molecule has 58 heavy (non-hydrogen) atoms. The molecule has 12 nitrogen and oxygen atoms in total. The van der Waals surface area contributed by atoms with Crippen LogP contribution in [-0.4, -0.2) is 96.0 Å². The summed E-state index contributed by atoms with van der Waals surface area (Å²) in [6, 6.07) is 0. The smallest absolute Gasteiger partial charge is 0.306 e. The number of ether oxygens (including phenoxy) is 4. The van der Waals surface area contributed by atoms with Crippen LogP contribution < -0.4 is 0 Å². The van der Waals surface area contributed by atoms with Crippen molar-refractivity contribution in [3.8, 4) is 0 Å². The van der Waals surface area contributed by atoms with Crippen molar-refractivity contribution in [1.29, 1.82) is 0 Å². The Morgan fingerprint density at radius 2 is 1.14 bits per heavy atom. The van der Waals surface area contributed by atoms with Gasteiger partial charge in [-0.25, -0.2) is 0 Å². The van der Waals surface area contributed by atoms with Crippen molar-refractivity contribution < 1.29 is 56.8 Å². The van der Waals surface area contributed by atoms with Gasteiger partial charge in [0.25, 0.3) is 10.1 Å². The lowest BCUT2D eigenvalue weighted by Gasteiger charge is -2.40. The van der Waals surface area contributed by atoms with Crippen LogP contribution in [-0.2, 0) is 38.7 Å². The lowest BCUT2D eigenvalue weighted by Crippen LogP contribution is -2.60. The van der Waals surface area contributed by atoms with E-state index in [2.05, 4.69) is 68.5 Å². The molecule has 6 atom stereocenters. The minimum Gasteiger partial charge on any atom is -0.462 e. The summed E-state index contributed by atoms with van der Waals surface area (Å²) in [5.74, 6) is -2.13. The predicted molar refractivity (Wildman–Crippen MR) is 228 cm³/mol. The molecule has 326 valence electrons. The van der Waals surface area contributed by atoms with Gasteiger partial charge in [-0.2, -0.15) is 8.42 Å². The molecule has 1 rings (SSSR count). The minimum absolute atomic E-state index is 0.0985. The molecule has 13 heteroatoms. The minimum atomic E-state index is -4.62. The Morgan fingerprint density at radius 1 is 0.603 bits per heavy atom. The van der Waals surface area contributed by atoms with E-state index in [4.69, 9.17) is 18.9 Å². The van der Waals surface area contributed by atoms with E-state index in [-0.39, 0.29) is 19.4 Å². The molecule has 1 heterocycles. The maximum absolute atomic E-state index is 12.7. The monoisotopic (exact) mass is 832 g/mol. The second-order valence-electron chi connectivity index (χ2n) is 13.6. The lowest BCUT2D eigenvalue weighted by molar-refractivity contribution is -0.297.